The predicted molar refractivity (Wildman–Crippen MR) is 456 cm³/mol. The normalized spacial score (nSPS) is 12.3. The van der Waals surface area contributed by atoms with Crippen LogP contribution in [0.25, 0.3) is 164 Å². The van der Waals surface area contributed by atoms with Crippen LogP contribution in [0.5, 0.6) is 0 Å². The smallest absolute Gasteiger partial charge is 0.0491 e. The van der Waals surface area contributed by atoms with Crippen molar-refractivity contribution in [3.8, 4) is 44.5 Å². The molecule has 0 saturated carbocycles. The molecule has 0 aliphatic rings. The molecule has 4 heterocycles. The van der Waals surface area contributed by atoms with Crippen molar-refractivity contribution in [3.05, 3.63) is 206 Å². The van der Waals surface area contributed by atoms with E-state index in [1.54, 1.807) is 0 Å². The van der Waals surface area contributed by atoms with Crippen molar-refractivity contribution in [2.75, 3.05) is 0 Å². The highest BCUT2D eigenvalue weighted by atomic mass is 15.0. The molecule has 0 atom stereocenters. The Morgan fingerprint density at radius 3 is 0.606 bits per heavy atom. The molecule has 4 heteroatoms. The Labute approximate surface area is 618 Å². The average Bonchev–Trinajstić information content (AvgIpc) is 0.853. The summed E-state index contributed by atoms with van der Waals surface area (Å²) in [4.78, 5) is 0. The minimum Gasteiger partial charge on any atom is -0.340 e. The van der Waals surface area contributed by atoms with E-state index in [9.17, 15) is 0 Å². The summed E-state index contributed by atoms with van der Waals surface area (Å²) in [5.41, 5.74) is 20.9. The number of nitrogens with zero attached hydrogens (tertiary/aromatic N) is 4. The maximum atomic E-state index is 2.63. The molecule has 0 saturated heterocycles. The van der Waals surface area contributed by atoms with Crippen LogP contribution in [0.15, 0.2) is 206 Å². The van der Waals surface area contributed by atoms with Gasteiger partial charge in [-0.05, 0) is 187 Å². The number of rotatable bonds is 36. The third kappa shape index (κ3) is 13.5. The Morgan fingerprint density at radius 1 is 0.173 bits per heavy atom. The molecular weight excluding hydrogens is 1260 g/mol. The summed E-state index contributed by atoms with van der Waals surface area (Å²) < 4.78 is 10.5. The Morgan fingerprint density at radius 2 is 0.375 bits per heavy atom. The lowest BCUT2D eigenvalue weighted by Crippen LogP contribution is -1.98. The number of para-hydroxylation sites is 4. The van der Waals surface area contributed by atoms with Crippen molar-refractivity contribution < 1.29 is 0 Å². The van der Waals surface area contributed by atoms with Crippen LogP contribution in [0.1, 0.15) is 207 Å². The third-order valence-corrected chi connectivity index (χ3v) is 24.2. The van der Waals surface area contributed by atoms with Gasteiger partial charge in [-0.1, -0.05) is 303 Å². The van der Waals surface area contributed by atoms with Crippen LogP contribution in [-0.4, -0.2) is 18.3 Å². The second kappa shape index (κ2) is 32.1. The highest BCUT2D eigenvalue weighted by molar-refractivity contribution is 6.33. The SMILES string of the molecule is CCCCCCCCCn1c2ccccc2c2cc(-c3cc(-c4ccc5c(c4)c4ccccc4n5CCCCCCCCC)c4ccc5c(-c6ccc7c(c6)c6ccccc6n7CCCCCCCCC)cc(-c6ccc7c(c6)c6ccccc6n7CCCCCCCCC)c6ccc3c4c65)ccc21. The molecule has 12 aromatic carbocycles. The second-order valence-corrected chi connectivity index (χ2v) is 31.1. The van der Waals surface area contributed by atoms with E-state index < -0.39 is 0 Å². The van der Waals surface area contributed by atoms with Crippen LogP contribution >= 0.6 is 0 Å². The summed E-state index contributed by atoms with van der Waals surface area (Å²) >= 11 is 0. The van der Waals surface area contributed by atoms with E-state index in [1.807, 2.05) is 0 Å². The highest BCUT2D eigenvalue weighted by Gasteiger charge is 2.25. The zero-order valence-corrected chi connectivity index (χ0v) is 63.0. The largest absolute Gasteiger partial charge is 0.340 e. The number of benzene rings is 12. The fourth-order valence-electron chi connectivity index (χ4n) is 18.7. The molecule has 104 heavy (non-hydrogen) atoms. The molecule has 0 spiro atoms. The molecular formula is C100H110N4. The standard InChI is InChI=1S/C100H110N4/c1-5-9-13-17-21-25-37-61-101-91-45-33-29-41-75(91)87-65-71(49-57-95(87)101)83-69-84(72-50-58-96-88(66-72)76-42-30-34-46-92(76)102(96)62-38-26-22-18-14-10-6-2)80-55-56-82-86(74-52-60-98-90(68-74)78-44-32-36-48-94(78)104(98)64-40-28-24-20-16-12-8-4)70-85(81-54-53-79(83)99(80)100(81)82)73-51-59-97-89(67-73)77-43-31-35-47-93(77)103(97)63-39-27-23-19-15-11-7-3/h29-36,41-60,65-70H,5-28,37-40,61-64H2,1-4H3. The van der Waals surface area contributed by atoms with Crippen LogP contribution in [0.3, 0.4) is 0 Å². The number of hydrogen-bond acceptors (Lipinski definition) is 0. The molecule has 0 N–H and O–H groups in total. The Kier molecular flexibility index (Phi) is 21.4. The van der Waals surface area contributed by atoms with Gasteiger partial charge in [0, 0.05) is 113 Å². The minimum absolute atomic E-state index is 1.03. The fraction of sp³-hybridized carbons (Fsp3) is 0.360. The highest BCUT2D eigenvalue weighted by Crippen LogP contribution is 2.51. The molecule has 0 unspecified atom stereocenters. The van der Waals surface area contributed by atoms with Gasteiger partial charge in [0.15, 0.2) is 0 Å². The first-order valence-corrected chi connectivity index (χ1v) is 41.4. The second-order valence-electron chi connectivity index (χ2n) is 31.1. The lowest BCUT2D eigenvalue weighted by Gasteiger charge is -2.22. The molecule has 0 amide bonds. The Hall–Kier alpha value is -9.12. The van der Waals surface area contributed by atoms with Gasteiger partial charge in [0.2, 0.25) is 0 Å². The molecule has 0 aliphatic carbocycles. The van der Waals surface area contributed by atoms with Crippen LogP contribution in [0, 0.1) is 0 Å². The Bertz CT molecular complexity index is 4970. The van der Waals surface area contributed by atoms with Crippen molar-refractivity contribution in [2.45, 2.75) is 234 Å². The van der Waals surface area contributed by atoms with E-state index >= 15 is 0 Å². The van der Waals surface area contributed by atoms with E-state index in [-0.39, 0.29) is 0 Å². The zero-order chi connectivity index (χ0) is 70.3. The number of hydrogen-bond donors (Lipinski definition) is 0. The number of aromatic nitrogens is 4. The van der Waals surface area contributed by atoms with E-state index in [4.69, 9.17) is 0 Å². The first kappa shape index (κ1) is 69.3. The third-order valence-electron chi connectivity index (χ3n) is 24.2. The molecule has 4 aromatic heterocycles. The summed E-state index contributed by atoms with van der Waals surface area (Å²) in [7, 11) is 0. The van der Waals surface area contributed by atoms with E-state index in [2.05, 4.69) is 252 Å². The van der Waals surface area contributed by atoms with Crippen molar-refractivity contribution in [1.29, 1.82) is 0 Å². The molecule has 530 valence electrons. The van der Waals surface area contributed by atoms with Crippen LogP contribution in [0.4, 0.5) is 0 Å². The quantitative estimate of drug-likeness (QED) is 0.0275. The first-order chi connectivity index (χ1) is 51.5. The average molecular weight is 1370 g/mol. The summed E-state index contributed by atoms with van der Waals surface area (Å²) in [5.74, 6) is 0. The van der Waals surface area contributed by atoms with Crippen LogP contribution in [0.2, 0.25) is 0 Å². The van der Waals surface area contributed by atoms with Gasteiger partial charge < -0.3 is 18.3 Å². The summed E-state index contributed by atoms with van der Waals surface area (Å²) in [5, 5.41) is 18.6. The summed E-state index contributed by atoms with van der Waals surface area (Å²) in [6.45, 7) is 13.4. The molecule has 4 nitrogen and oxygen atoms in total. The van der Waals surface area contributed by atoms with E-state index in [0.29, 0.717) is 0 Å². The lowest BCUT2D eigenvalue weighted by atomic mass is 9.81. The number of aryl methyl sites for hydroxylation is 4. The predicted octanol–water partition coefficient (Wildman–Crippen LogP) is 30.7. The van der Waals surface area contributed by atoms with Crippen LogP contribution in [-0.2, 0) is 26.2 Å². The first-order valence-electron chi connectivity index (χ1n) is 41.4. The van der Waals surface area contributed by atoms with Gasteiger partial charge in [0.25, 0.3) is 0 Å². The zero-order valence-electron chi connectivity index (χ0n) is 63.0. The summed E-state index contributed by atoms with van der Waals surface area (Å²) in [6, 6.07) is 82.1. The van der Waals surface area contributed by atoms with Crippen molar-refractivity contribution >= 4 is 120 Å². The molecule has 0 radical (unpaired) electrons. The maximum Gasteiger partial charge on any atom is 0.0491 e. The van der Waals surface area contributed by atoms with E-state index in [1.165, 1.54) is 344 Å². The molecule has 0 fully saturated rings. The van der Waals surface area contributed by atoms with Gasteiger partial charge >= 0.3 is 0 Å². The van der Waals surface area contributed by atoms with Crippen molar-refractivity contribution in [1.82, 2.24) is 18.3 Å². The minimum atomic E-state index is 1.03. The molecule has 0 aliphatic heterocycles. The molecule has 0 bridgehead atoms. The van der Waals surface area contributed by atoms with Gasteiger partial charge in [-0.3, -0.25) is 0 Å². The maximum absolute atomic E-state index is 2.63. The molecule has 16 rings (SSSR count). The van der Waals surface area contributed by atoms with Gasteiger partial charge in [0.05, 0.1) is 0 Å². The van der Waals surface area contributed by atoms with Gasteiger partial charge in [0.1, 0.15) is 0 Å². The van der Waals surface area contributed by atoms with Crippen molar-refractivity contribution in [3.63, 3.8) is 0 Å². The van der Waals surface area contributed by atoms with Crippen LogP contribution < -0.4 is 0 Å². The van der Waals surface area contributed by atoms with Gasteiger partial charge in [-0.15, -0.1) is 0 Å². The van der Waals surface area contributed by atoms with Gasteiger partial charge in [-0.2, -0.15) is 0 Å². The van der Waals surface area contributed by atoms with Gasteiger partial charge in [-0.25, -0.2) is 0 Å². The van der Waals surface area contributed by atoms with E-state index in [0.717, 1.165) is 26.2 Å². The molecule has 16 aromatic rings. The fourth-order valence-corrected chi connectivity index (χ4v) is 18.7. The topological polar surface area (TPSA) is 19.7 Å². The lowest BCUT2D eigenvalue weighted by molar-refractivity contribution is 0.561. The Balaban J connectivity index is 0.905. The number of fused-ring (bicyclic) bond motifs is 12. The monoisotopic (exact) mass is 1370 g/mol. The summed E-state index contributed by atoms with van der Waals surface area (Å²) in [6.07, 6.45) is 36.4. The van der Waals surface area contributed by atoms with Crippen molar-refractivity contribution in [2.24, 2.45) is 0 Å². The number of unbranched alkanes of at least 4 members (excludes halogenated alkanes) is 24.